The van der Waals surface area contributed by atoms with E-state index in [1.807, 2.05) is 6.07 Å². The van der Waals surface area contributed by atoms with Crippen LogP contribution in [0.2, 0.25) is 0 Å². The van der Waals surface area contributed by atoms with Gasteiger partial charge in [0.25, 0.3) is 0 Å². The molecule has 0 heterocycles. The Labute approximate surface area is 346 Å². The second kappa shape index (κ2) is 14.9. The first-order valence-electron chi connectivity index (χ1n) is 20.5. The number of aliphatic imine (C=N–C) groups is 1. The molecule has 0 unspecified atom stereocenters. The summed E-state index contributed by atoms with van der Waals surface area (Å²) >= 11 is 0. The van der Waals surface area contributed by atoms with Gasteiger partial charge in [-0.2, -0.15) is 0 Å². The van der Waals surface area contributed by atoms with Crippen molar-refractivity contribution in [3.63, 3.8) is 0 Å². The summed E-state index contributed by atoms with van der Waals surface area (Å²) in [6.45, 7) is 4.75. The van der Waals surface area contributed by atoms with Gasteiger partial charge >= 0.3 is 0 Å². The van der Waals surface area contributed by atoms with Crippen molar-refractivity contribution < 1.29 is 0 Å². The molecule has 0 aliphatic heterocycles. The Bertz CT molecular complexity index is 3080. The lowest BCUT2D eigenvalue weighted by atomic mass is 9.80. The highest BCUT2D eigenvalue weighted by Crippen LogP contribution is 2.55. The molecule has 1 aliphatic carbocycles. The van der Waals surface area contributed by atoms with Gasteiger partial charge in [-0.15, -0.1) is 0 Å². The number of hydrogen-bond acceptors (Lipinski definition) is 1. The van der Waals surface area contributed by atoms with Crippen molar-refractivity contribution in [2.24, 2.45) is 10.7 Å². The second-order valence-corrected chi connectivity index (χ2v) is 16.0. The molecule has 282 valence electrons. The van der Waals surface area contributed by atoms with E-state index in [1.165, 1.54) is 71.8 Å². The monoisotopic (exact) mass is 756 g/mol. The van der Waals surface area contributed by atoms with Crippen LogP contribution in [0.1, 0.15) is 41.7 Å². The normalized spacial score (nSPS) is 13.4. The van der Waals surface area contributed by atoms with Gasteiger partial charge in [0, 0.05) is 16.5 Å². The van der Waals surface area contributed by atoms with Gasteiger partial charge in [0.15, 0.2) is 0 Å². The van der Waals surface area contributed by atoms with Crippen LogP contribution in [0.15, 0.2) is 211 Å². The van der Waals surface area contributed by atoms with E-state index < -0.39 is 0 Å². The van der Waals surface area contributed by atoms with Crippen LogP contribution < -0.4 is 5.73 Å². The maximum absolute atomic E-state index is 6.96. The minimum Gasteiger partial charge on any atom is -0.383 e. The summed E-state index contributed by atoms with van der Waals surface area (Å²) in [7, 11) is 0. The number of allylic oxidation sites excluding steroid dienone is 1. The third-order valence-corrected chi connectivity index (χ3v) is 12.2. The molecule has 0 amide bonds. The largest absolute Gasteiger partial charge is 0.383 e. The molecule has 9 aromatic rings. The van der Waals surface area contributed by atoms with Crippen LogP contribution in [-0.2, 0) is 11.8 Å². The van der Waals surface area contributed by atoms with Gasteiger partial charge in [0.05, 0.1) is 5.70 Å². The topological polar surface area (TPSA) is 38.4 Å². The lowest BCUT2D eigenvalue weighted by Gasteiger charge is -2.23. The van der Waals surface area contributed by atoms with Crippen LogP contribution in [0.3, 0.4) is 0 Å². The number of rotatable bonds is 8. The maximum atomic E-state index is 6.96. The molecule has 0 aromatic heterocycles. The quantitative estimate of drug-likeness (QED) is 0.122. The first kappa shape index (κ1) is 36.1. The number of fused-ring (bicyclic) bond motifs is 6. The van der Waals surface area contributed by atoms with Crippen LogP contribution in [-0.4, -0.2) is 5.84 Å². The fourth-order valence-electron chi connectivity index (χ4n) is 9.31. The zero-order valence-corrected chi connectivity index (χ0v) is 33.4. The predicted molar refractivity (Wildman–Crippen MR) is 251 cm³/mol. The van der Waals surface area contributed by atoms with Crippen molar-refractivity contribution in [2.45, 2.75) is 25.7 Å². The molecule has 0 bridgehead atoms. The summed E-state index contributed by atoms with van der Waals surface area (Å²) in [5.41, 5.74) is 23.4. The van der Waals surface area contributed by atoms with E-state index in [0.717, 1.165) is 27.8 Å². The summed E-state index contributed by atoms with van der Waals surface area (Å²) in [5.74, 6) is 0.479. The molecule has 9 aromatic carbocycles. The minimum atomic E-state index is -0.144. The molecule has 1 aliphatic rings. The maximum Gasteiger partial charge on any atom is 0.131 e. The molecule has 2 heteroatoms. The van der Waals surface area contributed by atoms with Crippen LogP contribution >= 0.6 is 0 Å². The van der Waals surface area contributed by atoms with Gasteiger partial charge in [0.2, 0.25) is 0 Å². The Morgan fingerprint density at radius 3 is 1.88 bits per heavy atom. The lowest BCUT2D eigenvalue weighted by molar-refractivity contribution is 0.666. The van der Waals surface area contributed by atoms with Crippen molar-refractivity contribution >= 4 is 33.1 Å². The van der Waals surface area contributed by atoms with Crippen molar-refractivity contribution in [1.29, 1.82) is 0 Å². The molecule has 59 heavy (non-hydrogen) atoms. The van der Waals surface area contributed by atoms with Crippen LogP contribution in [0.25, 0.3) is 71.7 Å². The Morgan fingerprint density at radius 1 is 0.492 bits per heavy atom. The molecule has 0 radical (unpaired) electrons. The molecule has 0 saturated heterocycles. The molecule has 10 rings (SSSR count). The van der Waals surface area contributed by atoms with Crippen molar-refractivity contribution in [3.05, 3.63) is 234 Å². The van der Waals surface area contributed by atoms with E-state index in [0.29, 0.717) is 12.3 Å². The van der Waals surface area contributed by atoms with Gasteiger partial charge in [-0.1, -0.05) is 220 Å². The van der Waals surface area contributed by atoms with Crippen molar-refractivity contribution in [2.75, 3.05) is 0 Å². The van der Waals surface area contributed by atoms with Crippen LogP contribution in [0.4, 0.5) is 0 Å². The summed E-state index contributed by atoms with van der Waals surface area (Å²) < 4.78 is 0. The number of hydrogen-bond donors (Lipinski definition) is 1. The van der Waals surface area contributed by atoms with E-state index in [9.17, 15) is 0 Å². The van der Waals surface area contributed by atoms with Gasteiger partial charge < -0.3 is 5.73 Å². The Balaban J connectivity index is 1.12. The fraction of sp³-hybridized carbons (Fsp3) is 0.0702. The van der Waals surface area contributed by atoms with Crippen LogP contribution in [0, 0.1) is 0 Å². The third-order valence-electron chi connectivity index (χ3n) is 12.2. The van der Waals surface area contributed by atoms with E-state index >= 15 is 0 Å². The molecule has 2 nitrogen and oxygen atoms in total. The zero-order chi connectivity index (χ0) is 39.9. The van der Waals surface area contributed by atoms with E-state index in [1.54, 1.807) is 0 Å². The molecular formula is C57H44N2. The number of benzene rings is 9. The van der Waals surface area contributed by atoms with E-state index in [-0.39, 0.29) is 5.41 Å². The minimum absolute atomic E-state index is 0.144. The van der Waals surface area contributed by atoms with Crippen molar-refractivity contribution in [3.8, 4) is 44.5 Å². The first-order valence-corrected chi connectivity index (χ1v) is 20.5. The van der Waals surface area contributed by atoms with Gasteiger partial charge in [-0.05, 0) is 89.2 Å². The molecule has 0 saturated carbocycles. The Hall–Kier alpha value is -7.29. The van der Waals surface area contributed by atoms with Crippen molar-refractivity contribution in [1.82, 2.24) is 0 Å². The predicted octanol–water partition coefficient (Wildman–Crippen LogP) is 14.3. The average Bonchev–Trinajstić information content (AvgIpc) is 3.54. The lowest BCUT2D eigenvalue weighted by Crippen LogP contribution is -2.15. The average molecular weight is 757 g/mol. The summed E-state index contributed by atoms with van der Waals surface area (Å²) in [5, 5.41) is 4.92. The SMILES string of the molecule is CC1(C)c2cccc(-c3ccc(/C(=C/Cc4ccccc4-c4ccccc4)N=C(N)c4ccc(-c5ccccc5)cc4)c4ccccc34)c2-c2ccc3ccccc3c21. The summed E-state index contributed by atoms with van der Waals surface area (Å²) in [6, 6.07) is 71.6. The molecule has 0 spiro atoms. The highest BCUT2D eigenvalue weighted by atomic mass is 14.9. The Kier molecular flexibility index (Phi) is 9.11. The second-order valence-electron chi connectivity index (χ2n) is 16.0. The summed E-state index contributed by atoms with van der Waals surface area (Å²) in [6.07, 6.45) is 2.94. The fourth-order valence-corrected chi connectivity index (χ4v) is 9.31. The Morgan fingerprint density at radius 2 is 1.10 bits per heavy atom. The van der Waals surface area contributed by atoms with Crippen LogP contribution in [0.5, 0.6) is 0 Å². The van der Waals surface area contributed by atoms with Gasteiger partial charge in [-0.3, -0.25) is 0 Å². The molecular weight excluding hydrogens is 713 g/mol. The number of nitrogens with two attached hydrogens (primary N) is 1. The van der Waals surface area contributed by atoms with E-state index in [2.05, 4.69) is 214 Å². The van der Waals surface area contributed by atoms with Gasteiger partial charge in [0.1, 0.15) is 5.84 Å². The number of nitrogens with zero attached hydrogens (tertiary/aromatic N) is 1. The molecule has 2 N–H and O–H groups in total. The summed E-state index contributed by atoms with van der Waals surface area (Å²) in [4.78, 5) is 5.28. The highest BCUT2D eigenvalue weighted by molar-refractivity contribution is 6.09. The standard InChI is InChI=1S/C57H44N2/c1-57(2)52-27-15-26-50(54(52)51-34-32-42-21-10-12-23-45(42)55(51)57)48-35-36-49(47-25-14-13-24-46(47)48)53(37-33-41-20-9-11-22-44(41)40-18-7-4-8-19-40)59-56(58)43-30-28-39(29-31-43)38-16-5-3-6-17-38/h3-32,34-37H,33H2,1-2H3,(H2,58,59)/b53-37-. The molecule has 0 atom stereocenters. The first-order chi connectivity index (χ1) is 29.0. The molecule has 0 fully saturated rings. The van der Waals surface area contributed by atoms with E-state index in [4.69, 9.17) is 10.7 Å². The van der Waals surface area contributed by atoms with Gasteiger partial charge in [-0.25, -0.2) is 4.99 Å². The zero-order valence-electron chi connectivity index (χ0n) is 33.4. The third kappa shape index (κ3) is 6.44. The number of amidine groups is 1. The highest BCUT2D eigenvalue weighted by Gasteiger charge is 2.38. The smallest absolute Gasteiger partial charge is 0.131 e.